The molecule has 2 aromatic carbocycles. The number of amides is 2. The van der Waals surface area contributed by atoms with Crippen molar-refractivity contribution in [2.24, 2.45) is 5.92 Å². The maximum absolute atomic E-state index is 14.4. The van der Waals surface area contributed by atoms with Gasteiger partial charge in [-0.2, -0.15) is 5.10 Å². The number of methoxy groups -OCH3 is 2. The largest absolute Gasteiger partial charge is 0.493 e. The third kappa shape index (κ3) is 3.24. The number of nitrogens with zero attached hydrogens (tertiary/aromatic N) is 3. The number of carbonyl (C=O) groups is 2. The lowest BCUT2D eigenvalue weighted by Gasteiger charge is -2.31. The molecule has 5 rings (SSSR count). The minimum Gasteiger partial charge on any atom is -0.493 e. The number of rotatable bonds is 4. The van der Waals surface area contributed by atoms with Gasteiger partial charge in [0.05, 0.1) is 31.0 Å². The van der Waals surface area contributed by atoms with Crippen LogP contribution in [0.1, 0.15) is 17.5 Å². The topological polar surface area (TPSA) is 87.8 Å². The van der Waals surface area contributed by atoms with E-state index in [0.717, 1.165) is 11.1 Å². The molecule has 1 atom stereocenters. The van der Waals surface area contributed by atoms with Crippen molar-refractivity contribution in [2.45, 2.75) is 19.4 Å². The summed E-state index contributed by atoms with van der Waals surface area (Å²) < 4.78 is 25.1. The van der Waals surface area contributed by atoms with E-state index in [0.29, 0.717) is 36.5 Å². The Morgan fingerprint density at radius 2 is 1.94 bits per heavy atom. The third-order valence-electron chi connectivity index (χ3n) is 6.28. The van der Waals surface area contributed by atoms with Crippen LogP contribution < -0.4 is 14.4 Å². The fourth-order valence-corrected chi connectivity index (χ4v) is 4.62. The standard InChI is InChI=1S/C23H23FN4O4/c1-31-18-8-13-6-7-27(11-14(13)9-19(18)32-2)23(30)15-10-20(29)28(12-15)22-21-16(24)4-3-5-17(21)25-26-22/h3-5,8-9,15H,6-7,10-12H2,1-2H3,(H,25,26). The van der Waals surface area contributed by atoms with Crippen molar-refractivity contribution < 1.29 is 23.5 Å². The molecule has 1 N–H and O–H groups in total. The molecule has 3 heterocycles. The van der Waals surface area contributed by atoms with Crippen molar-refractivity contribution in [1.29, 1.82) is 0 Å². The zero-order chi connectivity index (χ0) is 22.4. The summed E-state index contributed by atoms with van der Waals surface area (Å²) in [6.07, 6.45) is 0.776. The predicted molar refractivity (Wildman–Crippen MR) is 115 cm³/mol. The zero-order valence-electron chi connectivity index (χ0n) is 17.9. The Balaban J connectivity index is 1.35. The molecule has 3 aromatic rings. The van der Waals surface area contributed by atoms with Gasteiger partial charge in [0.2, 0.25) is 11.8 Å². The number of H-pyrrole nitrogens is 1. The molecule has 2 aliphatic rings. The van der Waals surface area contributed by atoms with E-state index in [1.807, 2.05) is 12.1 Å². The van der Waals surface area contributed by atoms with Crippen molar-refractivity contribution in [3.05, 3.63) is 47.3 Å². The summed E-state index contributed by atoms with van der Waals surface area (Å²) >= 11 is 0. The first-order chi connectivity index (χ1) is 15.5. The van der Waals surface area contributed by atoms with Gasteiger partial charge in [-0.15, -0.1) is 0 Å². The first-order valence-corrected chi connectivity index (χ1v) is 10.5. The van der Waals surface area contributed by atoms with Crippen LogP contribution in [0, 0.1) is 11.7 Å². The number of anilines is 1. The molecular formula is C23H23FN4O4. The van der Waals surface area contributed by atoms with Crippen molar-refractivity contribution in [2.75, 3.05) is 32.2 Å². The molecule has 0 spiro atoms. The molecule has 0 saturated carbocycles. The number of hydrogen-bond acceptors (Lipinski definition) is 5. The molecule has 2 aliphatic heterocycles. The van der Waals surface area contributed by atoms with Crippen LogP contribution in [0.3, 0.4) is 0 Å². The van der Waals surface area contributed by atoms with Crippen LogP contribution >= 0.6 is 0 Å². The van der Waals surface area contributed by atoms with Gasteiger partial charge in [-0.05, 0) is 41.8 Å². The second-order valence-corrected chi connectivity index (χ2v) is 8.10. The fraction of sp³-hybridized carbons (Fsp3) is 0.348. The van der Waals surface area contributed by atoms with Gasteiger partial charge in [-0.3, -0.25) is 19.6 Å². The van der Waals surface area contributed by atoms with Crippen molar-refractivity contribution in [1.82, 2.24) is 15.1 Å². The SMILES string of the molecule is COc1cc2c(cc1OC)CN(C(=O)C1CC(=O)N(c3n[nH]c4cccc(F)c34)C1)CC2. The smallest absolute Gasteiger partial charge is 0.229 e. The second-order valence-electron chi connectivity index (χ2n) is 8.10. The summed E-state index contributed by atoms with van der Waals surface area (Å²) in [5.74, 6) is 0.259. The lowest BCUT2D eigenvalue weighted by atomic mass is 9.97. The molecule has 0 aliphatic carbocycles. The van der Waals surface area contributed by atoms with Gasteiger partial charge in [0.25, 0.3) is 0 Å². The van der Waals surface area contributed by atoms with Crippen molar-refractivity contribution >= 4 is 28.5 Å². The summed E-state index contributed by atoms with van der Waals surface area (Å²) in [5, 5.41) is 7.18. The van der Waals surface area contributed by atoms with E-state index in [2.05, 4.69) is 10.2 Å². The molecule has 0 radical (unpaired) electrons. The van der Waals surface area contributed by atoms with E-state index >= 15 is 0 Å². The number of aromatic nitrogens is 2. The highest BCUT2D eigenvalue weighted by atomic mass is 19.1. The zero-order valence-corrected chi connectivity index (χ0v) is 17.9. The summed E-state index contributed by atoms with van der Waals surface area (Å²) in [5.41, 5.74) is 2.64. The van der Waals surface area contributed by atoms with Gasteiger partial charge in [-0.1, -0.05) is 6.07 Å². The van der Waals surface area contributed by atoms with E-state index in [4.69, 9.17) is 9.47 Å². The normalized spacial score (nSPS) is 18.2. The number of carbonyl (C=O) groups excluding carboxylic acids is 2. The maximum Gasteiger partial charge on any atom is 0.229 e. The molecule has 1 fully saturated rings. The van der Waals surface area contributed by atoms with E-state index in [-0.39, 0.29) is 36.0 Å². The Morgan fingerprint density at radius 3 is 2.69 bits per heavy atom. The minimum atomic E-state index is -0.497. The highest BCUT2D eigenvalue weighted by Crippen LogP contribution is 2.35. The molecule has 9 heteroatoms. The number of benzene rings is 2. The summed E-state index contributed by atoms with van der Waals surface area (Å²) in [7, 11) is 3.18. The summed E-state index contributed by atoms with van der Waals surface area (Å²) in [4.78, 5) is 29.2. The van der Waals surface area contributed by atoms with Crippen molar-refractivity contribution in [3.8, 4) is 11.5 Å². The average molecular weight is 438 g/mol. The van der Waals surface area contributed by atoms with Crippen LogP contribution in [-0.4, -0.2) is 54.2 Å². The van der Waals surface area contributed by atoms with E-state index in [9.17, 15) is 14.0 Å². The van der Waals surface area contributed by atoms with Gasteiger partial charge >= 0.3 is 0 Å². The average Bonchev–Trinajstić information content (AvgIpc) is 3.41. The summed E-state index contributed by atoms with van der Waals surface area (Å²) in [6.45, 7) is 1.19. The Bertz CT molecular complexity index is 1220. The van der Waals surface area contributed by atoms with E-state index in [1.165, 1.54) is 11.0 Å². The molecular weight excluding hydrogens is 415 g/mol. The predicted octanol–water partition coefficient (Wildman–Crippen LogP) is 2.66. The molecule has 1 saturated heterocycles. The first kappa shape index (κ1) is 20.3. The van der Waals surface area contributed by atoms with Crippen molar-refractivity contribution in [3.63, 3.8) is 0 Å². The number of hydrogen-bond donors (Lipinski definition) is 1. The number of aromatic amines is 1. The van der Waals surface area contributed by atoms with Crippen LogP contribution in [0.5, 0.6) is 11.5 Å². The van der Waals surface area contributed by atoms with E-state index < -0.39 is 11.7 Å². The quantitative estimate of drug-likeness (QED) is 0.677. The van der Waals surface area contributed by atoms with Gasteiger partial charge < -0.3 is 14.4 Å². The number of ether oxygens (including phenoxy) is 2. The van der Waals surface area contributed by atoms with Gasteiger partial charge in [0.15, 0.2) is 17.3 Å². The molecule has 8 nitrogen and oxygen atoms in total. The van der Waals surface area contributed by atoms with E-state index in [1.54, 1.807) is 31.3 Å². The first-order valence-electron chi connectivity index (χ1n) is 10.5. The third-order valence-corrected chi connectivity index (χ3v) is 6.28. The second kappa shape index (κ2) is 7.81. The Hall–Kier alpha value is -3.62. The van der Waals surface area contributed by atoms with Crippen LogP contribution in [0.2, 0.25) is 0 Å². The Labute approximate surface area is 183 Å². The van der Waals surface area contributed by atoms with Crippen LogP contribution in [0.25, 0.3) is 10.9 Å². The molecule has 0 bridgehead atoms. The lowest BCUT2D eigenvalue weighted by Crippen LogP contribution is -2.40. The Morgan fingerprint density at radius 1 is 1.19 bits per heavy atom. The highest BCUT2D eigenvalue weighted by Gasteiger charge is 2.39. The highest BCUT2D eigenvalue weighted by molar-refractivity contribution is 6.05. The van der Waals surface area contributed by atoms with Crippen LogP contribution in [0.15, 0.2) is 30.3 Å². The summed E-state index contributed by atoms with van der Waals surface area (Å²) in [6, 6.07) is 8.47. The number of fused-ring (bicyclic) bond motifs is 2. The fourth-order valence-electron chi connectivity index (χ4n) is 4.62. The molecule has 2 amide bonds. The van der Waals surface area contributed by atoms with Gasteiger partial charge in [-0.25, -0.2) is 4.39 Å². The number of halogens is 1. The van der Waals surface area contributed by atoms with Gasteiger partial charge in [0.1, 0.15) is 5.82 Å². The van der Waals surface area contributed by atoms with Crippen LogP contribution in [-0.2, 0) is 22.6 Å². The van der Waals surface area contributed by atoms with Crippen LogP contribution in [0.4, 0.5) is 10.2 Å². The maximum atomic E-state index is 14.4. The van der Waals surface area contributed by atoms with Gasteiger partial charge in [0, 0.05) is 26.1 Å². The molecule has 166 valence electrons. The molecule has 32 heavy (non-hydrogen) atoms. The monoisotopic (exact) mass is 438 g/mol. The lowest BCUT2D eigenvalue weighted by molar-refractivity contribution is -0.136. The minimum absolute atomic E-state index is 0.0803. The number of nitrogens with one attached hydrogen (secondary N) is 1. The molecule has 1 aromatic heterocycles. The molecule has 1 unspecified atom stereocenters. The Kier molecular flexibility index (Phi) is 4.96.